The van der Waals surface area contributed by atoms with Crippen molar-refractivity contribution in [1.82, 2.24) is 20.4 Å². The summed E-state index contributed by atoms with van der Waals surface area (Å²) < 4.78 is 0. The maximum Gasteiger partial charge on any atom is 3.00 e. The first kappa shape index (κ1) is 59.8. The molecule has 14 heteroatoms. The van der Waals surface area contributed by atoms with Gasteiger partial charge in [-0.2, -0.15) is 0 Å². The molecule has 10 nitrogen and oxygen atoms in total. The van der Waals surface area contributed by atoms with Gasteiger partial charge >= 0.3 is 48.4 Å². The van der Waals surface area contributed by atoms with Gasteiger partial charge in [-0.05, 0) is 169 Å². The molecule has 0 saturated carbocycles. The van der Waals surface area contributed by atoms with Gasteiger partial charge in [0.15, 0.2) is 21.2 Å². The summed E-state index contributed by atoms with van der Waals surface area (Å²) in [6.45, 7) is 22.2. The van der Waals surface area contributed by atoms with E-state index in [1.54, 1.807) is 97.1 Å². The van der Waals surface area contributed by atoms with Crippen molar-refractivity contribution in [2.24, 2.45) is 9.98 Å². The molecule has 0 atom stereocenters. The van der Waals surface area contributed by atoms with E-state index in [4.69, 9.17) is 0 Å². The number of benzene rings is 4. The fourth-order valence-electron chi connectivity index (χ4n) is 7.35. The Morgan fingerprint density at radius 2 is 0.703 bits per heavy atom. The molecule has 64 heavy (non-hydrogen) atoms. The monoisotopic (exact) mass is 1000 g/mol. The van der Waals surface area contributed by atoms with E-state index in [2.05, 4.69) is 86.1 Å². The first-order valence-corrected chi connectivity index (χ1v) is 25.6. The minimum atomic E-state index is -3.15. The summed E-state index contributed by atoms with van der Waals surface area (Å²) in [6, 6.07) is 35.8. The molecular weight excluding hydrogens is 928 g/mol. The van der Waals surface area contributed by atoms with Crippen molar-refractivity contribution in [3.63, 3.8) is 0 Å². The molecule has 354 valence electrons. The summed E-state index contributed by atoms with van der Waals surface area (Å²) in [7, 11) is -1.89. The maximum absolute atomic E-state index is 10.1. The van der Waals surface area contributed by atoms with Crippen molar-refractivity contribution in [3.8, 4) is 0 Å². The second-order valence-electron chi connectivity index (χ2n) is 17.8. The van der Waals surface area contributed by atoms with Crippen molar-refractivity contribution in [2.45, 2.75) is 91.1 Å². The van der Waals surface area contributed by atoms with Crippen LogP contribution in [0.15, 0.2) is 131 Å². The van der Waals surface area contributed by atoms with Crippen LogP contribution >= 0.6 is 15.4 Å². The van der Waals surface area contributed by atoms with Crippen LogP contribution in [0.3, 0.4) is 0 Å². The number of hydrogen-bond donors (Lipinski definition) is 6. The van der Waals surface area contributed by atoms with E-state index >= 15 is 0 Å². The number of hydrogen-bond acceptors (Lipinski definition) is 10. The van der Waals surface area contributed by atoms with Gasteiger partial charge in [-0.15, -0.1) is 0 Å². The molecule has 0 spiro atoms. The van der Waals surface area contributed by atoms with Crippen molar-refractivity contribution >= 4 is 48.1 Å². The van der Waals surface area contributed by atoms with Gasteiger partial charge in [0.05, 0.1) is 0 Å². The van der Waals surface area contributed by atoms with Crippen LogP contribution in [0, 0.1) is 0 Å². The largest absolute Gasteiger partial charge is 3.00 e. The van der Waals surface area contributed by atoms with Crippen LogP contribution in [-0.4, -0.2) is 118 Å². The molecular formula is C50H78N6Ni2O4P2+8. The van der Waals surface area contributed by atoms with Gasteiger partial charge < -0.3 is 20.4 Å². The summed E-state index contributed by atoms with van der Waals surface area (Å²) in [6.07, 6.45) is 6.95. The van der Waals surface area contributed by atoms with E-state index in [9.17, 15) is 19.6 Å². The van der Waals surface area contributed by atoms with Crippen LogP contribution in [0.5, 0.6) is 0 Å². The van der Waals surface area contributed by atoms with Crippen LogP contribution in [0.2, 0.25) is 0 Å². The van der Waals surface area contributed by atoms with Gasteiger partial charge in [0.25, 0.3) is 0 Å². The van der Waals surface area contributed by atoms with E-state index in [1.165, 1.54) is 63.3 Å². The van der Waals surface area contributed by atoms with Crippen molar-refractivity contribution in [1.29, 1.82) is 0 Å². The van der Waals surface area contributed by atoms with Gasteiger partial charge in [-0.3, -0.25) is 9.98 Å². The van der Waals surface area contributed by atoms with Crippen LogP contribution in [-0.2, 0) is 33.0 Å². The van der Waals surface area contributed by atoms with Crippen LogP contribution < -0.4 is 31.9 Å². The Balaban J connectivity index is 0.000000422. The van der Waals surface area contributed by atoms with Gasteiger partial charge in [0, 0.05) is 48.4 Å². The first-order chi connectivity index (χ1) is 29.4. The molecule has 6 N–H and O–H groups in total. The van der Waals surface area contributed by atoms with E-state index in [-0.39, 0.29) is 44.1 Å². The summed E-state index contributed by atoms with van der Waals surface area (Å²) in [5.41, 5.74) is 2.93. The zero-order chi connectivity index (χ0) is 45.5. The molecule has 0 aromatic heterocycles. The number of aliphatic imine (C=N–C) groups is 2. The third kappa shape index (κ3) is 23.5. The smallest absolute Gasteiger partial charge is 0.311 e. The summed E-state index contributed by atoms with van der Waals surface area (Å²) in [5, 5.41) is 9.56. The Hall–Kier alpha value is -2.25. The molecule has 2 radical (unpaired) electrons. The number of nitrogens with zero attached hydrogens (tertiary/aromatic N) is 4. The zero-order valence-corrected chi connectivity index (χ0v) is 43.3. The van der Waals surface area contributed by atoms with Crippen molar-refractivity contribution in [3.05, 3.63) is 121 Å². The van der Waals surface area contributed by atoms with Crippen molar-refractivity contribution < 1.29 is 52.6 Å². The van der Waals surface area contributed by atoms with E-state index in [1.807, 2.05) is 24.3 Å². The summed E-state index contributed by atoms with van der Waals surface area (Å²) in [4.78, 5) is 54.6. The van der Waals surface area contributed by atoms with Crippen molar-refractivity contribution in [2.75, 3.05) is 66.5 Å². The molecule has 0 amide bonds. The van der Waals surface area contributed by atoms with E-state index in [0.29, 0.717) is 21.2 Å². The zero-order valence-electron chi connectivity index (χ0n) is 39.6. The minimum Gasteiger partial charge on any atom is -0.311 e. The molecule has 0 unspecified atom stereocenters. The van der Waals surface area contributed by atoms with Gasteiger partial charge in [0.1, 0.15) is 0 Å². The minimum absolute atomic E-state index is 0. The van der Waals surface area contributed by atoms with Gasteiger partial charge in [-0.25, -0.2) is 19.6 Å². The Kier molecular flexibility index (Phi) is 28.9. The molecule has 0 aliphatic carbocycles. The Morgan fingerprint density at radius 1 is 0.453 bits per heavy atom. The van der Waals surface area contributed by atoms with Crippen LogP contribution in [0.4, 0.5) is 0 Å². The normalized spacial score (nSPS) is 18.0. The molecule has 0 fully saturated rings. The first-order valence-electron chi connectivity index (χ1n) is 22.2. The fourth-order valence-corrected chi connectivity index (χ4v) is 10.3. The Morgan fingerprint density at radius 3 is 0.969 bits per heavy atom. The molecule has 4 aromatic carbocycles. The number of nitrogens with one attached hydrogen (secondary N) is 2. The Labute approximate surface area is 407 Å². The quantitative estimate of drug-likeness (QED) is 0.0973. The van der Waals surface area contributed by atoms with E-state index < -0.39 is 15.4 Å². The van der Waals surface area contributed by atoms with Crippen LogP contribution in [0.25, 0.3) is 0 Å². The SMILES string of the molecule is CC1=NCCCN(C)CCCNC(C)(C)C1.CC1=NCCCN(C)CCCNC(C)(C)C1.O[P+](O)(c1ccccc1)c1ccccc1.O[P+](O)(c1ccccc1)c1ccccc1.[Ni+3].[Ni+3]. The average Bonchev–Trinajstić information content (AvgIpc) is 3.25. The van der Waals surface area contributed by atoms with Crippen LogP contribution in [0.1, 0.15) is 80.1 Å². The topological polar surface area (TPSA) is 136 Å². The predicted molar refractivity (Wildman–Crippen MR) is 270 cm³/mol. The molecule has 0 bridgehead atoms. The molecule has 6 rings (SSSR count). The second kappa shape index (κ2) is 30.9. The Bertz CT molecular complexity index is 1660. The standard InChI is InChI=1S/2C13H27N3.2C12H12O2P.2Ni/c2*1-12-11-13(2,3)15-8-6-10-16(4)9-5-7-14-12;2*13-15(14,11-7-3-1-4-8-11)12-9-5-2-6-10-12;;/h2*15H,5-11H2,1-4H3;2*1-10,13-14H;;/q;;2*+1;2*+3. The predicted octanol–water partition coefficient (Wildman–Crippen LogP) is 6.80. The van der Waals surface area contributed by atoms with Gasteiger partial charge in [0.2, 0.25) is 0 Å². The summed E-state index contributed by atoms with van der Waals surface area (Å²) in [5.74, 6) is 0. The van der Waals surface area contributed by atoms with Gasteiger partial charge in [-0.1, -0.05) is 72.8 Å². The average molecular weight is 1010 g/mol. The molecule has 2 aliphatic heterocycles. The second-order valence-corrected chi connectivity index (χ2v) is 22.2. The molecule has 4 aromatic rings. The maximum atomic E-state index is 10.1. The fraction of sp³-hybridized carbons (Fsp3) is 0.480. The molecule has 0 saturated heterocycles. The third-order valence-corrected chi connectivity index (χ3v) is 14.7. The third-order valence-electron chi connectivity index (χ3n) is 10.7. The molecule has 2 heterocycles. The molecule has 2 aliphatic rings. The number of rotatable bonds is 4. The van der Waals surface area contributed by atoms with E-state index in [0.717, 1.165) is 39.0 Å². The summed E-state index contributed by atoms with van der Waals surface area (Å²) >= 11 is 0.